The summed E-state index contributed by atoms with van der Waals surface area (Å²) in [6, 6.07) is 5.85. The van der Waals surface area contributed by atoms with Crippen molar-refractivity contribution in [2.45, 2.75) is 50.5 Å². The minimum atomic E-state index is 0.516. The second-order valence-electron chi connectivity index (χ2n) is 8.83. The highest BCUT2D eigenvalue weighted by Gasteiger charge is 2.47. The van der Waals surface area contributed by atoms with Crippen LogP contribution in [0, 0.1) is 11.3 Å². The van der Waals surface area contributed by atoms with E-state index in [4.69, 9.17) is 23.2 Å². The Hall–Kier alpha value is -1.76. The Kier molecular flexibility index (Phi) is 16.6. The second kappa shape index (κ2) is 18.5. The third kappa shape index (κ3) is 12.5. The molecule has 1 aliphatic heterocycles. The molecule has 36 heavy (non-hydrogen) atoms. The van der Waals surface area contributed by atoms with Crippen LogP contribution in [0.15, 0.2) is 89.7 Å². The Labute approximate surface area is 234 Å². The molecule has 2 unspecified atom stereocenters. The lowest BCUT2D eigenvalue weighted by atomic mass is 9.86. The third-order valence-corrected chi connectivity index (χ3v) is 7.42. The van der Waals surface area contributed by atoms with Gasteiger partial charge in [0.25, 0.3) is 0 Å². The van der Waals surface area contributed by atoms with Crippen molar-refractivity contribution in [3.63, 3.8) is 0 Å². The number of benzene rings is 1. The van der Waals surface area contributed by atoms with Crippen LogP contribution >= 0.6 is 35.8 Å². The molecule has 0 radical (unpaired) electrons. The topological polar surface area (TPSA) is 48.4 Å². The molecular formula is C29H42Cl2N4S. The smallest absolute Gasteiger partial charge is 0.0725 e. The monoisotopic (exact) mass is 548 g/mol. The van der Waals surface area contributed by atoms with E-state index in [1.165, 1.54) is 12.8 Å². The van der Waals surface area contributed by atoms with Gasteiger partial charge in [0, 0.05) is 42.1 Å². The van der Waals surface area contributed by atoms with E-state index in [-0.39, 0.29) is 0 Å². The summed E-state index contributed by atoms with van der Waals surface area (Å²) in [5.74, 6) is 0.738. The SMILES string of the molecule is C=C/C=C\C=C(/CNC(C)CC)NC=C.CNCC1(C2C=CN=CC2)CC1.Sc1cccc(Cl)c1Cl. The standard InChI is InChI=1S/C13H22N2.C10H16N2.C6H4Cl2S/c1-5-8-9-10-13(14-7-3)11-15-12(4)6-2;1-11-8-10(4-5-10)9-2-6-12-7-3-9;7-4-2-1-3-5(9)6(4)8/h5,7-10,12,14-15H,1,3,6,11H2,2,4H3;2,6-7,9,11H,3-5,8H2,1H3;1-3,9H/b9-8-,13-10+;;. The van der Waals surface area contributed by atoms with Crippen LogP contribution in [-0.2, 0) is 0 Å². The van der Waals surface area contributed by atoms with E-state index in [0.717, 1.165) is 37.5 Å². The summed E-state index contributed by atoms with van der Waals surface area (Å²) in [5, 5.41) is 10.9. The highest BCUT2D eigenvalue weighted by atomic mass is 35.5. The Bertz CT molecular complexity index is 900. The summed E-state index contributed by atoms with van der Waals surface area (Å²) in [4.78, 5) is 4.81. The third-order valence-electron chi connectivity index (χ3n) is 6.09. The van der Waals surface area contributed by atoms with Crippen molar-refractivity contribution in [3.8, 4) is 0 Å². The number of hydrogen-bond acceptors (Lipinski definition) is 5. The molecule has 1 aromatic carbocycles. The van der Waals surface area contributed by atoms with E-state index < -0.39 is 0 Å². The van der Waals surface area contributed by atoms with Crippen molar-refractivity contribution < 1.29 is 0 Å². The Morgan fingerprint density at radius 2 is 2.03 bits per heavy atom. The van der Waals surface area contributed by atoms with Crippen molar-refractivity contribution in [1.82, 2.24) is 16.0 Å². The average Bonchev–Trinajstić information content (AvgIpc) is 3.68. The molecular weight excluding hydrogens is 507 g/mol. The van der Waals surface area contributed by atoms with Crippen LogP contribution < -0.4 is 16.0 Å². The van der Waals surface area contributed by atoms with Gasteiger partial charge in [-0.1, -0.05) is 73.7 Å². The zero-order valence-corrected chi connectivity index (χ0v) is 24.2. The Morgan fingerprint density at radius 1 is 1.28 bits per heavy atom. The molecule has 4 nitrogen and oxygen atoms in total. The Balaban J connectivity index is 0.000000277. The summed E-state index contributed by atoms with van der Waals surface area (Å²) in [6.07, 6.45) is 20.6. The molecule has 0 saturated heterocycles. The van der Waals surface area contributed by atoms with Crippen molar-refractivity contribution >= 4 is 42.0 Å². The second-order valence-corrected chi connectivity index (χ2v) is 10.1. The van der Waals surface area contributed by atoms with Crippen LogP contribution in [0.4, 0.5) is 0 Å². The van der Waals surface area contributed by atoms with E-state index in [1.807, 2.05) is 37.7 Å². The summed E-state index contributed by atoms with van der Waals surface area (Å²) >= 11 is 15.4. The van der Waals surface area contributed by atoms with Crippen molar-refractivity contribution in [2.75, 3.05) is 20.1 Å². The first-order chi connectivity index (χ1) is 17.3. The van der Waals surface area contributed by atoms with Crippen LogP contribution in [0.5, 0.6) is 0 Å². The van der Waals surface area contributed by atoms with Gasteiger partial charge in [-0.3, -0.25) is 4.99 Å². The molecule has 1 heterocycles. The maximum atomic E-state index is 5.67. The van der Waals surface area contributed by atoms with Gasteiger partial charge in [-0.05, 0) is 75.4 Å². The summed E-state index contributed by atoms with van der Waals surface area (Å²) in [6.45, 7) is 13.6. The number of aliphatic imine (C=N–C) groups is 1. The van der Waals surface area contributed by atoms with E-state index in [9.17, 15) is 0 Å². The van der Waals surface area contributed by atoms with Crippen LogP contribution in [0.3, 0.4) is 0 Å². The molecule has 2 aliphatic rings. The molecule has 1 saturated carbocycles. The van der Waals surface area contributed by atoms with Gasteiger partial charge in [0.05, 0.1) is 10.0 Å². The van der Waals surface area contributed by atoms with Gasteiger partial charge in [-0.15, -0.1) is 12.6 Å². The number of hydrogen-bond donors (Lipinski definition) is 4. The summed E-state index contributed by atoms with van der Waals surface area (Å²) < 4.78 is 0. The van der Waals surface area contributed by atoms with Crippen LogP contribution in [0.25, 0.3) is 0 Å². The van der Waals surface area contributed by atoms with Crippen LogP contribution in [-0.4, -0.2) is 32.4 Å². The number of thiol groups is 1. The van der Waals surface area contributed by atoms with E-state index in [0.29, 0.717) is 26.4 Å². The number of halogens is 2. The van der Waals surface area contributed by atoms with E-state index >= 15 is 0 Å². The van der Waals surface area contributed by atoms with Crippen LogP contribution in [0.1, 0.15) is 39.5 Å². The predicted octanol–water partition coefficient (Wildman–Crippen LogP) is 7.61. The molecule has 1 fully saturated rings. The fraction of sp³-hybridized carbons (Fsp3) is 0.414. The molecule has 0 amide bonds. The van der Waals surface area contributed by atoms with Crippen molar-refractivity contribution in [1.29, 1.82) is 0 Å². The molecule has 7 heteroatoms. The maximum absolute atomic E-state index is 5.67. The molecule has 0 aromatic heterocycles. The number of allylic oxidation sites excluding steroid dienone is 5. The lowest BCUT2D eigenvalue weighted by Gasteiger charge is -2.23. The Morgan fingerprint density at radius 3 is 2.53 bits per heavy atom. The highest BCUT2D eigenvalue weighted by Crippen LogP contribution is 2.53. The fourth-order valence-electron chi connectivity index (χ4n) is 3.57. The number of rotatable bonds is 11. The minimum absolute atomic E-state index is 0.516. The molecule has 198 valence electrons. The largest absolute Gasteiger partial charge is 0.365 e. The molecule has 0 bridgehead atoms. The van der Waals surface area contributed by atoms with Gasteiger partial charge < -0.3 is 16.0 Å². The minimum Gasteiger partial charge on any atom is -0.365 e. The fourth-order valence-corrected chi connectivity index (χ4v) is 4.15. The number of nitrogens with zero attached hydrogens (tertiary/aromatic N) is 1. The lowest BCUT2D eigenvalue weighted by molar-refractivity contribution is 0.365. The van der Waals surface area contributed by atoms with Crippen molar-refractivity contribution in [3.05, 3.63) is 89.9 Å². The zero-order valence-electron chi connectivity index (χ0n) is 21.8. The predicted molar refractivity (Wildman–Crippen MR) is 164 cm³/mol. The zero-order chi connectivity index (χ0) is 26.8. The molecule has 0 spiro atoms. The molecule has 2 atom stereocenters. The lowest BCUT2D eigenvalue weighted by Crippen LogP contribution is -2.30. The summed E-state index contributed by atoms with van der Waals surface area (Å²) in [5.41, 5.74) is 1.68. The first-order valence-electron chi connectivity index (χ1n) is 12.4. The van der Waals surface area contributed by atoms with Crippen LogP contribution in [0.2, 0.25) is 10.0 Å². The van der Waals surface area contributed by atoms with E-state index in [2.05, 4.69) is 66.7 Å². The normalized spacial score (nSPS) is 18.4. The molecule has 3 rings (SSSR count). The molecule has 3 N–H and O–H groups in total. The summed E-state index contributed by atoms with van der Waals surface area (Å²) in [7, 11) is 2.04. The average molecular weight is 550 g/mol. The van der Waals surface area contributed by atoms with Gasteiger partial charge in [0.1, 0.15) is 0 Å². The highest BCUT2D eigenvalue weighted by molar-refractivity contribution is 7.80. The number of nitrogens with one attached hydrogen (secondary N) is 3. The van der Waals surface area contributed by atoms with Gasteiger partial charge in [0.15, 0.2) is 0 Å². The van der Waals surface area contributed by atoms with Gasteiger partial charge >= 0.3 is 0 Å². The first-order valence-corrected chi connectivity index (χ1v) is 13.6. The molecule has 1 aromatic rings. The van der Waals surface area contributed by atoms with Gasteiger partial charge in [0.2, 0.25) is 0 Å². The van der Waals surface area contributed by atoms with Gasteiger partial charge in [-0.25, -0.2) is 0 Å². The van der Waals surface area contributed by atoms with Gasteiger partial charge in [-0.2, -0.15) is 0 Å². The van der Waals surface area contributed by atoms with E-state index in [1.54, 1.807) is 30.5 Å². The van der Waals surface area contributed by atoms with Crippen molar-refractivity contribution in [2.24, 2.45) is 16.3 Å². The maximum Gasteiger partial charge on any atom is 0.0725 e. The molecule has 1 aliphatic carbocycles. The first kappa shape index (κ1) is 32.3. The quantitative estimate of drug-likeness (QED) is 0.170.